The molecule has 108 valence electrons. The Balaban J connectivity index is 2.01. The number of nitrogens with one attached hydrogen (secondary N) is 1. The molecule has 1 saturated carbocycles. The summed E-state index contributed by atoms with van der Waals surface area (Å²) >= 11 is 0. The van der Waals surface area contributed by atoms with Crippen molar-refractivity contribution in [1.82, 2.24) is 10.2 Å². The largest absolute Gasteiger partial charge is 0.368 e. The fraction of sp³-hybridized carbons (Fsp3) is 0.857. The van der Waals surface area contributed by atoms with Crippen LogP contribution in [0.25, 0.3) is 0 Å². The van der Waals surface area contributed by atoms with Gasteiger partial charge in [-0.15, -0.1) is 0 Å². The molecular weight excluding hydrogens is 242 g/mol. The molecule has 1 atom stereocenters. The minimum atomic E-state index is -0.384. The lowest BCUT2D eigenvalue weighted by atomic mass is 9.79. The molecule has 1 heterocycles. The summed E-state index contributed by atoms with van der Waals surface area (Å²) in [5.74, 6) is -0.287. The van der Waals surface area contributed by atoms with Gasteiger partial charge in [-0.3, -0.25) is 9.59 Å². The summed E-state index contributed by atoms with van der Waals surface area (Å²) in [5, 5.41) is 3.35. The third kappa shape index (κ3) is 3.08. The van der Waals surface area contributed by atoms with E-state index < -0.39 is 0 Å². The van der Waals surface area contributed by atoms with Crippen molar-refractivity contribution in [2.75, 3.05) is 13.6 Å². The highest BCUT2D eigenvalue weighted by Gasteiger charge is 2.38. The number of amides is 2. The van der Waals surface area contributed by atoms with Gasteiger partial charge in [0.15, 0.2) is 0 Å². The van der Waals surface area contributed by atoms with E-state index in [2.05, 4.69) is 5.32 Å². The zero-order chi connectivity index (χ0) is 13.9. The van der Waals surface area contributed by atoms with Crippen molar-refractivity contribution in [2.24, 2.45) is 5.73 Å². The first kappa shape index (κ1) is 14.3. The van der Waals surface area contributed by atoms with E-state index in [4.69, 9.17) is 5.73 Å². The monoisotopic (exact) mass is 267 g/mol. The van der Waals surface area contributed by atoms with Gasteiger partial charge in [0, 0.05) is 18.5 Å². The second kappa shape index (κ2) is 5.90. The number of carbonyl (C=O) groups excluding carboxylic acids is 2. The van der Waals surface area contributed by atoms with Crippen molar-refractivity contribution in [3.8, 4) is 0 Å². The first-order chi connectivity index (χ1) is 9.08. The average molecular weight is 267 g/mol. The smallest absolute Gasteiger partial charge is 0.240 e. The zero-order valence-corrected chi connectivity index (χ0v) is 11.8. The average Bonchev–Trinajstić information content (AvgIpc) is 2.89. The normalized spacial score (nSPS) is 26.4. The Kier molecular flexibility index (Phi) is 4.45. The molecule has 0 aromatic carbocycles. The Hall–Kier alpha value is -1.10. The maximum absolute atomic E-state index is 12.5. The lowest BCUT2D eigenvalue weighted by molar-refractivity contribution is -0.138. The predicted molar refractivity (Wildman–Crippen MR) is 73.4 cm³/mol. The van der Waals surface area contributed by atoms with Crippen molar-refractivity contribution in [3.63, 3.8) is 0 Å². The number of hydrogen-bond acceptors (Lipinski definition) is 3. The first-order valence-corrected chi connectivity index (χ1v) is 7.36. The van der Waals surface area contributed by atoms with Gasteiger partial charge in [0.2, 0.25) is 11.8 Å². The molecule has 1 unspecified atom stereocenters. The van der Waals surface area contributed by atoms with E-state index in [1.54, 1.807) is 4.90 Å². The van der Waals surface area contributed by atoms with Crippen molar-refractivity contribution in [2.45, 2.75) is 62.9 Å². The predicted octanol–water partition coefficient (Wildman–Crippen LogP) is 0.775. The number of primary amides is 1. The lowest BCUT2D eigenvalue weighted by Crippen LogP contribution is -2.51. The van der Waals surface area contributed by atoms with Crippen LogP contribution in [0.4, 0.5) is 0 Å². The maximum Gasteiger partial charge on any atom is 0.240 e. The van der Waals surface area contributed by atoms with Gasteiger partial charge >= 0.3 is 0 Å². The van der Waals surface area contributed by atoms with E-state index in [1.807, 2.05) is 7.05 Å². The summed E-state index contributed by atoms with van der Waals surface area (Å²) in [5.41, 5.74) is 5.31. The van der Waals surface area contributed by atoms with E-state index >= 15 is 0 Å². The minimum Gasteiger partial charge on any atom is -0.368 e. The molecule has 0 spiro atoms. The van der Waals surface area contributed by atoms with Crippen LogP contribution in [-0.2, 0) is 9.59 Å². The second-order valence-corrected chi connectivity index (χ2v) is 5.92. The summed E-state index contributed by atoms with van der Waals surface area (Å²) in [6, 6.07) is -0.384. The molecule has 0 bridgehead atoms. The van der Waals surface area contributed by atoms with Crippen LogP contribution in [0.15, 0.2) is 0 Å². The molecule has 0 aromatic heterocycles. The molecule has 1 aliphatic carbocycles. The third-order valence-corrected chi connectivity index (χ3v) is 4.73. The number of hydrogen-bond donors (Lipinski definition) is 2. The molecule has 0 radical (unpaired) electrons. The van der Waals surface area contributed by atoms with Gasteiger partial charge in [-0.1, -0.05) is 19.3 Å². The van der Waals surface area contributed by atoms with E-state index in [9.17, 15) is 9.59 Å². The highest BCUT2D eigenvalue weighted by atomic mass is 16.2. The molecule has 2 rings (SSSR count). The summed E-state index contributed by atoms with van der Waals surface area (Å²) in [6.07, 6.45) is 7.79. The quantitative estimate of drug-likeness (QED) is 0.790. The molecular formula is C14H25N3O2. The van der Waals surface area contributed by atoms with Crippen molar-refractivity contribution in [3.05, 3.63) is 0 Å². The molecule has 2 fully saturated rings. The van der Waals surface area contributed by atoms with Gasteiger partial charge in [-0.2, -0.15) is 0 Å². The Morgan fingerprint density at radius 3 is 2.53 bits per heavy atom. The summed E-state index contributed by atoms with van der Waals surface area (Å²) in [4.78, 5) is 25.5. The van der Waals surface area contributed by atoms with Gasteiger partial charge in [0.1, 0.15) is 6.04 Å². The van der Waals surface area contributed by atoms with Crippen LogP contribution in [-0.4, -0.2) is 41.9 Å². The molecule has 3 N–H and O–H groups in total. The van der Waals surface area contributed by atoms with E-state index in [1.165, 1.54) is 19.3 Å². The van der Waals surface area contributed by atoms with Gasteiger partial charge in [-0.05, 0) is 32.7 Å². The molecule has 5 heteroatoms. The van der Waals surface area contributed by atoms with Crippen LogP contribution < -0.4 is 11.1 Å². The van der Waals surface area contributed by atoms with Crippen LogP contribution in [0.5, 0.6) is 0 Å². The second-order valence-electron chi connectivity index (χ2n) is 5.92. The molecule has 2 aliphatic rings. The highest BCUT2D eigenvalue weighted by molar-refractivity contribution is 5.87. The van der Waals surface area contributed by atoms with E-state index in [0.29, 0.717) is 19.4 Å². The SMILES string of the molecule is CNC1(CC(=O)N2CCCC2C(N)=O)CCCCC1. The maximum atomic E-state index is 12.5. The number of rotatable bonds is 4. The topological polar surface area (TPSA) is 75.4 Å². The van der Waals surface area contributed by atoms with Crippen LogP contribution >= 0.6 is 0 Å². The van der Waals surface area contributed by atoms with Crippen molar-refractivity contribution < 1.29 is 9.59 Å². The molecule has 0 aromatic rings. The number of nitrogens with two attached hydrogens (primary N) is 1. The van der Waals surface area contributed by atoms with Crippen molar-refractivity contribution in [1.29, 1.82) is 0 Å². The molecule has 5 nitrogen and oxygen atoms in total. The number of carbonyl (C=O) groups is 2. The van der Waals surface area contributed by atoms with Crippen LogP contribution in [0.3, 0.4) is 0 Å². The Morgan fingerprint density at radius 2 is 1.95 bits per heavy atom. The summed E-state index contributed by atoms with van der Waals surface area (Å²) in [7, 11) is 1.94. The van der Waals surface area contributed by atoms with Gasteiger partial charge in [-0.25, -0.2) is 0 Å². The van der Waals surface area contributed by atoms with E-state index in [0.717, 1.165) is 19.3 Å². The van der Waals surface area contributed by atoms with E-state index in [-0.39, 0.29) is 23.4 Å². The van der Waals surface area contributed by atoms with Crippen LogP contribution in [0, 0.1) is 0 Å². The number of likely N-dealkylation sites (tertiary alicyclic amines) is 1. The minimum absolute atomic E-state index is 0.0693. The van der Waals surface area contributed by atoms with Gasteiger partial charge in [0.05, 0.1) is 0 Å². The third-order valence-electron chi connectivity index (χ3n) is 4.73. The summed E-state index contributed by atoms with van der Waals surface area (Å²) in [6.45, 7) is 0.673. The number of nitrogens with zero attached hydrogens (tertiary/aromatic N) is 1. The van der Waals surface area contributed by atoms with Crippen LogP contribution in [0.1, 0.15) is 51.4 Å². The molecule has 1 saturated heterocycles. The Labute approximate surface area is 114 Å². The lowest BCUT2D eigenvalue weighted by Gasteiger charge is -2.38. The highest BCUT2D eigenvalue weighted by Crippen LogP contribution is 2.32. The Morgan fingerprint density at radius 1 is 1.26 bits per heavy atom. The fourth-order valence-corrected chi connectivity index (χ4v) is 3.50. The molecule has 1 aliphatic heterocycles. The molecule has 19 heavy (non-hydrogen) atoms. The Bertz CT molecular complexity index is 351. The standard InChI is InChI=1S/C14H25N3O2/c1-16-14(7-3-2-4-8-14)10-12(18)17-9-5-6-11(17)13(15)19/h11,16H,2-10H2,1H3,(H2,15,19). The van der Waals surface area contributed by atoms with Gasteiger partial charge in [0.25, 0.3) is 0 Å². The first-order valence-electron chi connectivity index (χ1n) is 7.36. The van der Waals surface area contributed by atoms with Gasteiger partial charge < -0.3 is 16.0 Å². The zero-order valence-electron chi connectivity index (χ0n) is 11.8. The fourth-order valence-electron chi connectivity index (χ4n) is 3.50. The van der Waals surface area contributed by atoms with Crippen LogP contribution in [0.2, 0.25) is 0 Å². The van der Waals surface area contributed by atoms with Crippen molar-refractivity contribution >= 4 is 11.8 Å². The molecule has 2 amide bonds. The summed E-state index contributed by atoms with van der Waals surface area (Å²) < 4.78 is 0.